The van der Waals surface area contributed by atoms with Crippen LogP contribution < -0.4 is 10.6 Å². The van der Waals surface area contributed by atoms with Crippen LogP contribution in [0.25, 0.3) is 0 Å². The molecule has 1 aliphatic heterocycles. The van der Waals surface area contributed by atoms with Crippen LogP contribution in [-0.4, -0.2) is 43.2 Å². The zero-order chi connectivity index (χ0) is 11.1. The fourth-order valence-electron chi connectivity index (χ4n) is 2.02. The smallest absolute Gasteiger partial charge is 0.317 e. The Morgan fingerprint density at radius 1 is 1.40 bits per heavy atom. The molecule has 1 fully saturated rings. The number of urea groups is 1. The van der Waals surface area contributed by atoms with E-state index in [1.807, 2.05) is 11.8 Å². The van der Waals surface area contributed by atoms with Crippen molar-refractivity contribution in [3.8, 4) is 0 Å². The lowest BCUT2D eigenvalue weighted by molar-refractivity contribution is 0.163. The van der Waals surface area contributed by atoms with Gasteiger partial charge in [-0.05, 0) is 39.3 Å². The van der Waals surface area contributed by atoms with Crippen molar-refractivity contribution >= 4 is 6.03 Å². The van der Waals surface area contributed by atoms with Crippen LogP contribution in [0.3, 0.4) is 0 Å². The molecule has 4 heteroatoms. The van der Waals surface area contributed by atoms with E-state index in [9.17, 15) is 4.79 Å². The minimum Gasteiger partial charge on any atom is -0.338 e. The van der Waals surface area contributed by atoms with Crippen molar-refractivity contribution in [2.75, 3.05) is 26.2 Å². The second-order valence-electron chi connectivity index (χ2n) is 4.00. The van der Waals surface area contributed by atoms with Crippen LogP contribution in [-0.2, 0) is 0 Å². The van der Waals surface area contributed by atoms with Crippen molar-refractivity contribution in [1.82, 2.24) is 15.5 Å². The van der Waals surface area contributed by atoms with Gasteiger partial charge in [0.25, 0.3) is 0 Å². The van der Waals surface area contributed by atoms with Gasteiger partial charge in [-0.3, -0.25) is 0 Å². The fourth-order valence-corrected chi connectivity index (χ4v) is 2.02. The Balaban J connectivity index is 2.41. The minimum absolute atomic E-state index is 0.103. The predicted molar refractivity (Wildman–Crippen MR) is 62.0 cm³/mol. The second-order valence-corrected chi connectivity index (χ2v) is 4.00. The van der Waals surface area contributed by atoms with Gasteiger partial charge in [-0.15, -0.1) is 0 Å². The normalized spacial score (nSPS) is 17.5. The van der Waals surface area contributed by atoms with Gasteiger partial charge in [-0.25, -0.2) is 4.79 Å². The maximum Gasteiger partial charge on any atom is 0.317 e. The molecule has 0 aromatic carbocycles. The van der Waals surface area contributed by atoms with Crippen LogP contribution in [0.15, 0.2) is 0 Å². The summed E-state index contributed by atoms with van der Waals surface area (Å²) >= 11 is 0. The van der Waals surface area contributed by atoms with E-state index in [2.05, 4.69) is 17.6 Å². The molecule has 2 amide bonds. The van der Waals surface area contributed by atoms with E-state index < -0.39 is 0 Å². The predicted octanol–water partition coefficient (Wildman–Crippen LogP) is 1.18. The molecule has 0 radical (unpaired) electrons. The summed E-state index contributed by atoms with van der Waals surface area (Å²) in [4.78, 5) is 13.8. The van der Waals surface area contributed by atoms with Gasteiger partial charge in [-0.2, -0.15) is 0 Å². The third-order valence-corrected chi connectivity index (χ3v) is 2.88. The maximum atomic E-state index is 11.8. The molecule has 1 saturated heterocycles. The Kier molecular flexibility index (Phi) is 5.47. The molecule has 2 N–H and O–H groups in total. The van der Waals surface area contributed by atoms with Gasteiger partial charge < -0.3 is 15.5 Å². The largest absolute Gasteiger partial charge is 0.338 e. The Bertz CT molecular complexity index is 190. The Hall–Kier alpha value is -0.770. The summed E-state index contributed by atoms with van der Waals surface area (Å²) in [6.45, 7) is 7.76. The number of hydrogen-bond acceptors (Lipinski definition) is 2. The number of carbonyl (C=O) groups is 1. The minimum atomic E-state index is 0.103. The topological polar surface area (TPSA) is 44.4 Å². The van der Waals surface area contributed by atoms with Crippen LogP contribution in [0.4, 0.5) is 4.79 Å². The van der Waals surface area contributed by atoms with Crippen molar-refractivity contribution in [2.45, 2.75) is 39.2 Å². The zero-order valence-electron chi connectivity index (χ0n) is 9.88. The van der Waals surface area contributed by atoms with Crippen LogP contribution >= 0.6 is 0 Å². The number of nitrogens with zero attached hydrogens (tertiary/aromatic N) is 1. The molecule has 0 saturated carbocycles. The summed E-state index contributed by atoms with van der Waals surface area (Å²) in [6.07, 6.45) is 3.15. The lowest BCUT2D eigenvalue weighted by Gasteiger charge is -2.33. The number of hydrogen-bond donors (Lipinski definition) is 2. The van der Waals surface area contributed by atoms with E-state index in [1.54, 1.807) is 0 Å². The highest BCUT2D eigenvalue weighted by Crippen LogP contribution is 2.11. The van der Waals surface area contributed by atoms with Crippen molar-refractivity contribution in [1.29, 1.82) is 0 Å². The Morgan fingerprint density at radius 3 is 2.60 bits per heavy atom. The standard InChI is InChI=1S/C11H23N3O/c1-3-7-13-11(15)14(4-2)10-5-8-12-9-6-10/h10,12H,3-9H2,1-2H3,(H,13,15). The summed E-state index contributed by atoms with van der Waals surface area (Å²) in [6, 6.07) is 0.527. The van der Waals surface area contributed by atoms with Crippen molar-refractivity contribution < 1.29 is 4.79 Å². The SMILES string of the molecule is CCCNC(=O)N(CC)C1CCNCC1. The first kappa shape index (κ1) is 12.3. The first-order chi connectivity index (χ1) is 7.29. The number of nitrogens with one attached hydrogen (secondary N) is 2. The van der Waals surface area contributed by atoms with E-state index in [0.29, 0.717) is 6.04 Å². The molecule has 0 bridgehead atoms. The molecular formula is C11H23N3O. The second kappa shape index (κ2) is 6.67. The van der Waals surface area contributed by atoms with E-state index in [4.69, 9.17) is 0 Å². The van der Waals surface area contributed by atoms with Crippen molar-refractivity contribution in [3.63, 3.8) is 0 Å². The summed E-state index contributed by atoms with van der Waals surface area (Å²) in [5.41, 5.74) is 0. The number of piperidine rings is 1. The van der Waals surface area contributed by atoms with Crippen molar-refractivity contribution in [3.05, 3.63) is 0 Å². The van der Waals surface area contributed by atoms with Gasteiger partial charge in [0.05, 0.1) is 0 Å². The van der Waals surface area contributed by atoms with Crippen LogP contribution in [0.5, 0.6) is 0 Å². The quantitative estimate of drug-likeness (QED) is 0.736. The highest BCUT2D eigenvalue weighted by Gasteiger charge is 2.23. The van der Waals surface area contributed by atoms with E-state index in [0.717, 1.165) is 45.4 Å². The molecule has 15 heavy (non-hydrogen) atoms. The zero-order valence-corrected chi connectivity index (χ0v) is 9.88. The van der Waals surface area contributed by atoms with Gasteiger partial charge in [0.15, 0.2) is 0 Å². The third-order valence-electron chi connectivity index (χ3n) is 2.88. The average Bonchev–Trinajstić information content (AvgIpc) is 2.29. The van der Waals surface area contributed by atoms with Gasteiger partial charge in [-0.1, -0.05) is 6.92 Å². The molecule has 1 aliphatic rings. The molecule has 4 nitrogen and oxygen atoms in total. The lowest BCUT2D eigenvalue weighted by atomic mass is 10.1. The molecule has 88 valence electrons. The van der Waals surface area contributed by atoms with E-state index in [-0.39, 0.29) is 6.03 Å². The molecule has 1 heterocycles. The van der Waals surface area contributed by atoms with Crippen LogP contribution in [0.1, 0.15) is 33.1 Å². The highest BCUT2D eigenvalue weighted by molar-refractivity contribution is 5.74. The monoisotopic (exact) mass is 213 g/mol. The maximum absolute atomic E-state index is 11.8. The first-order valence-electron chi connectivity index (χ1n) is 6.04. The summed E-state index contributed by atoms with van der Waals surface area (Å²) in [5.74, 6) is 0. The number of rotatable bonds is 4. The third kappa shape index (κ3) is 3.70. The van der Waals surface area contributed by atoms with E-state index >= 15 is 0 Å². The number of amides is 2. The molecular weight excluding hydrogens is 190 g/mol. The molecule has 0 unspecified atom stereocenters. The van der Waals surface area contributed by atoms with Gasteiger partial charge >= 0.3 is 6.03 Å². The summed E-state index contributed by atoms with van der Waals surface area (Å²) < 4.78 is 0. The van der Waals surface area contributed by atoms with Gasteiger partial charge in [0.2, 0.25) is 0 Å². The van der Waals surface area contributed by atoms with Crippen molar-refractivity contribution in [2.24, 2.45) is 0 Å². The lowest BCUT2D eigenvalue weighted by Crippen LogP contribution is -2.49. The van der Waals surface area contributed by atoms with E-state index in [1.165, 1.54) is 0 Å². The highest BCUT2D eigenvalue weighted by atomic mass is 16.2. The molecule has 0 atom stereocenters. The summed E-state index contributed by atoms with van der Waals surface area (Å²) in [7, 11) is 0. The first-order valence-corrected chi connectivity index (χ1v) is 6.04. The van der Waals surface area contributed by atoms with Gasteiger partial charge in [0, 0.05) is 19.1 Å². The Labute approximate surface area is 92.4 Å². The Morgan fingerprint density at radius 2 is 2.07 bits per heavy atom. The average molecular weight is 213 g/mol. The molecule has 0 spiro atoms. The van der Waals surface area contributed by atoms with Crippen LogP contribution in [0.2, 0.25) is 0 Å². The summed E-state index contributed by atoms with van der Waals surface area (Å²) in [5, 5.41) is 6.26. The molecule has 0 aromatic rings. The molecule has 0 aromatic heterocycles. The fraction of sp³-hybridized carbons (Fsp3) is 0.909. The van der Waals surface area contributed by atoms with Gasteiger partial charge in [0.1, 0.15) is 0 Å². The molecule has 0 aliphatic carbocycles. The number of carbonyl (C=O) groups excluding carboxylic acids is 1. The van der Waals surface area contributed by atoms with Crippen LogP contribution in [0, 0.1) is 0 Å². The molecule has 1 rings (SSSR count).